The molecule has 23 heavy (non-hydrogen) atoms. The molecule has 0 nitrogen and oxygen atoms in total. The zero-order valence-electron chi connectivity index (χ0n) is 14.8. The number of thiophene rings is 1. The Morgan fingerprint density at radius 2 is 1.87 bits per heavy atom. The molecule has 1 aliphatic heterocycles. The average molecular weight is 357 g/mol. The van der Waals surface area contributed by atoms with Gasteiger partial charge in [0.2, 0.25) is 0 Å². The first-order chi connectivity index (χ1) is 10.9. The zero-order chi connectivity index (χ0) is 16.5. The lowest BCUT2D eigenvalue weighted by Crippen LogP contribution is -2.22. The number of hydrogen-bond donors (Lipinski definition) is 0. The molecule has 0 N–H and O–H groups in total. The van der Waals surface area contributed by atoms with Crippen molar-refractivity contribution in [1.29, 1.82) is 0 Å². The average Bonchev–Trinajstić information content (AvgIpc) is 3.11. The highest BCUT2D eigenvalue weighted by Gasteiger charge is 2.39. The van der Waals surface area contributed by atoms with E-state index in [2.05, 4.69) is 64.7 Å². The van der Waals surface area contributed by atoms with Gasteiger partial charge in [0.1, 0.15) is 0 Å². The fraction of sp³-hybridized carbons (Fsp3) is 0.400. The fourth-order valence-electron chi connectivity index (χ4n) is 4.31. The lowest BCUT2D eigenvalue weighted by atomic mass is 9.92. The minimum absolute atomic E-state index is 0.625. The normalized spacial score (nSPS) is 23.4. The molecule has 4 rings (SSSR count). The molecule has 1 aromatic heterocycles. The summed E-state index contributed by atoms with van der Waals surface area (Å²) in [7, 11) is -0.807. The third-order valence-corrected chi connectivity index (χ3v) is 9.89. The maximum absolute atomic E-state index is 2.50. The van der Waals surface area contributed by atoms with Crippen LogP contribution in [-0.2, 0) is 0 Å². The van der Waals surface area contributed by atoms with Crippen molar-refractivity contribution in [3.63, 3.8) is 0 Å². The summed E-state index contributed by atoms with van der Waals surface area (Å²) in [6, 6.07) is 2.45. The third-order valence-electron chi connectivity index (χ3n) is 5.19. The second-order valence-corrected chi connectivity index (χ2v) is 12.9. The Labute approximate surface area is 149 Å². The lowest BCUT2D eigenvalue weighted by molar-refractivity contribution is 1.16. The number of rotatable bonds is 2. The molecule has 3 aliphatic rings. The Kier molecular flexibility index (Phi) is 3.67. The van der Waals surface area contributed by atoms with E-state index in [1.54, 1.807) is 36.6 Å². The van der Waals surface area contributed by atoms with Gasteiger partial charge in [-0.05, 0) is 77.8 Å². The molecule has 0 saturated carbocycles. The predicted molar refractivity (Wildman–Crippen MR) is 109 cm³/mol. The second kappa shape index (κ2) is 5.37. The van der Waals surface area contributed by atoms with Crippen LogP contribution in [0.4, 0.5) is 0 Å². The molecular weight excluding hydrogens is 332 g/mol. The molecule has 1 unspecified atom stereocenters. The van der Waals surface area contributed by atoms with Crippen molar-refractivity contribution in [2.75, 3.05) is 0 Å². The highest BCUT2D eigenvalue weighted by atomic mass is 32.2. The molecule has 0 fully saturated rings. The van der Waals surface area contributed by atoms with E-state index in [-0.39, 0.29) is 0 Å². The summed E-state index contributed by atoms with van der Waals surface area (Å²) >= 11 is 4.16. The molecule has 2 heterocycles. The van der Waals surface area contributed by atoms with E-state index >= 15 is 0 Å². The Morgan fingerprint density at radius 1 is 1.13 bits per heavy atom. The molecule has 2 aliphatic carbocycles. The molecule has 0 radical (unpaired) electrons. The number of hydrogen-bond acceptors (Lipinski definition) is 2. The largest absolute Gasteiger partial charge is 0.141 e. The van der Waals surface area contributed by atoms with Crippen LogP contribution in [0.3, 0.4) is 0 Å². The molecule has 1 atom stereocenters. The molecule has 120 valence electrons. The Hall–Kier alpha value is -0.773. The third kappa shape index (κ3) is 2.24. The van der Waals surface area contributed by atoms with E-state index in [9.17, 15) is 0 Å². The Morgan fingerprint density at radius 3 is 2.48 bits per heavy atom. The van der Waals surface area contributed by atoms with Crippen molar-refractivity contribution in [1.82, 2.24) is 0 Å². The van der Waals surface area contributed by atoms with Crippen molar-refractivity contribution >= 4 is 42.7 Å². The van der Waals surface area contributed by atoms with Crippen LogP contribution in [0.5, 0.6) is 0 Å². The van der Waals surface area contributed by atoms with Crippen LogP contribution in [0.15, 0.2) is 39.3 Å². The van der Waals surface area contributed by atoms with Gasteiger partial charge in [0.05, 0.1) is 14.0 Å². The maximum atomic E-state index is 2.50. The standard InChI is InChI=1S/C20H24S2Si/c1-10-7-11(2)14(8-10)16-13(4)22-19-17(16)15-9-12(3)21-18(15)20(19)23(5)6/h7,9,19,23H,8H2,1-6H3. The van der Waals surface area contributed by atoms with Crippen LogP contribution in [0, 0.1) is 6.92 Å². The Bertz CT molecular complexity index is 935. The lowest BCUT2D eigenvalue weighted by Gasteiger charge is -2.17. The van der Waals surface area contributed by atoms with E-state index < -0.39 is 8.80 Å². The summed E-state index contributed by atoms with van der Waals surface area (Å²) < 4.78 is 1.63. The van der Waals surface area contributed by atoms with Gasteiger partial charge < -0.3 is 0 Å². The van der Waals surface area contributed by atoms with Crippen LogP contribution >= 0.6 is 23.1 Å². The van der Waals surface area contributed by atoms with Crippen LogP contribution in [0.1, 0.15) is 32.1 Å². The molecule has 0 aromatic carbocycles. The van der Waals surface area contributed by atoms with Gasteiger partial charge in [-0.1, -0.05) is 24.7 Å². The smallest absolute Gasteiger partial charge is 0.0633 e. The van der Waals surface area contributed by atoms with Gasteiger partial charge in [-0.25, -0.2) is 0 Å². The summed E-state index contributed by atoms with van der Waals surface area (Å²) in [5.74, 6) is 0. The fourth-order valence-corrected chi connectivity index (χ4v) is 10.1. The molecule has 0 spiro atoms. The number of thioether (sulfide) groups is 1. The van der Waals surface area contributed by atoms with E-state index in [1.165, 1.54) is 16.0 Å². The molecular formula is C20H24S2Si. The molecule has 0 saturated heterocycles. The quantitative estimate of drug-likeness (QED) is 0.705. The van der Waals surface area contributed by atoms with Crippen molar-refractivity contribution in [2.24, 2.45) is 0 Å². The minimum atomic E-state index is -0.807. The highest BCUT2D eigenvalue weighted by molar-refractivity contribution is 8.05. The monoisotopic (exact) mass is 356 g/mol. The van der Waals surface area contributed by atoms with Gasteiger partial charge in [0.15, 0.2) is 0 Å². The van der Waals surface area contributed by atoms with Crippen molar-refractivity contribution in [3.8, 4) is 0 Å². The van der Waals surface area contributed by atoms with Crippen molar-refractivity contribution in [3.05, 3.63) is 54.0 Å². The number of aryl methyl sites for hydroxylation is 1. The van der Waals surface area contributed by atoms with Crippen LogP contribution in [0.2, 0.25) is 13.1 Å². The summed E-state index contributed by atoms with van der Waals surface area (Å²) in [6.45, 7) is 14.2. The van der Waals surface area contributed by atoms with Gasteiger partial charge >= 0.3 is 0 Å². The number of allylic oxidation sites excluding steroid dienone is 6. The van der Waals surface area contributed by atoms with Gasteiger partial charge in [-0.3, -0.25) is 0 Å². The van der Waals surface area contributed by atoms with E-state index in [0.717, 1.165) is 6.42 Å². The van der Waals surface area contributed by atoms with E-state index in [4.69, 9.17) is 0 Å². The molecule has 0 amide bonds. The highest BCUT2D eigenvalue weighted by Crippen LogP contribution is 2.52. The SMILES string of the molecule is CC1=CC(C)=C(C2=C(C)SC3C2=c2cc(C)sc2=C3[SiH](C)C)C1. The maximum Gasteiger partial charge on any atom is 0.0633 e. The first-order valence-corrected chi connectivity index (χ1v) is 13.1. The first kappa shape index (κ1) is 15.7. The van der Waals surface area contributed by atoms with Gasteiger partial charge in [-0.2, -0.15) is 0 Å². The predicted octanol–water partition coefficient (Wildman–Crippen LogP) is 4.45. The van der Waals surface area contributed by atoms with Crippen LogP contribution < -0.4 is 9.75 Å². The zero-order valence-corrected chi connectivity index (χ0v) is 17.6. The topological polar surface area (TPSA) is 0 Å². The molecule has 3 heteroatoms. The van der Waals surface area contributed by atoms with Crippen LogP contribution in [-0.4, -0.2) is 14.0 Å². The van der Waals surface area contributed by atoms with Gasteiger partial charge in [0.25, 0.3) is 0 Å². The van der Waals surface area contributed by atoms with Crippen molar-refractivity contribution in [2.45, 2.75) is 52.5 Å². The van der Waals surface area contributed by atoms with E-state index in [1.807, 2.05) is 11.3 Å². The van der Waals surface area contributed by atoms with Gasteiger partial charge in [0, 0.05) is 9.41 Å². The first-order valence-electron chi connectivity index (χ1n) is 8.48. The second-order valence-electron chi connectivity index (χ2n) is 7.38. The van der Waals surface area contributed by atoms with Gasteiger partial charge in [-0.15, -0.1) is 23.1 Å². The summed E-state index contributed by atoms with van der Waals surface area (Å²) in [6.07, 6.45) is 3.52. The number of fused-ring (bicyclic) bond motifs is 2. The molecule has 0 bridgehead atoms. The Balaban J connectivity index is 1.98. The summed E-state index contributed by atoms with van der Waals surface area (Å²) in [5, 5.41) is 3.99. The van der Waals surface area contributed by atoms with Crippen LogP contribution in [0.25, 0.3) is 10.8 Å². The van der Waals surface area contributed by atoms with E-state index in [0.29, 0.717) is 5.25 Å². The van der Waals surface area contributed by atoms with Crippen molar-refractivity contribution < 1.29 is 0 Å². The minimum Gasteiger partial charge on any atom is -0.141 e. The molecule has 1 aromatic rings. The summed E-state index contributed by atoms with van der Waals surface area (Å²) in [4.78, 5) is 3.01. The summed E-state index contributed by atoms with van der Waals surface area (Å²) in [5.41, 5.74) is 7.82.